The van der Waals surface area contributed by atoms with E-state index in [-0.39, 0.29) is 18.3 Å². The minimum atomic E-state index is -0.479. The van der Waals surface area contributed by atoms with Crippen molar-refractivity contribution in [3.8, 4) is 5.88 Å². The van der Waals surface area contributed by atoms with Gasteiger partial charge in [0.05, 0.1) is 19.8 Å². The fraction of sp³-hybridized carbons (Fsp3) is 0.583. The quantitative estimate of drug-likeness (QED) is 0.735. The maximum absolute atomic E-state index is 12.0. The number of carbonyl (C=O) groups excluding carboxylic acids is 1. The molecule has 2 rings (SSSR count). The standard InChI is InChI=1S/C12H17N3O4/c1-2-19-10-3-4-15(12(17)13-10)9-11(16)14-5-7-18-8-6-14/h3-4H,2,5-9H2,1H3. The normalized spacial score (nSPS) is 15.3. The molecule has 1 aromatic heterocycles. The third-order valence-electron chi connectivity index (χ3n) is 2.81. The molecule has 7 heteroatoms. The van der Waals surface area contributed by atoms with Crippen molar-refractivity contribution in [2.45, 2.75) is 13.5 Å². The van der Waals surface area contributed by atoms with E-state index in [4.69, 9.17) is 9.47 Å². The molecule has 0 radical (unpaired) electrons. The van der Waals surface area contributed by atoms with E-state index in [1.807, 2.05) is 6.92 Å². The van der Waals surface area contributed by atoms with Gasteiger partial charge in [0, 0.05) is 25.4 Å². The molecule has 1 fully saturated rings. The summed E-state index contributed by atoms with van der Waals surface area (Å²) in [6, 6.07) is 1.58. The van der Waals surface area contributed by atoms with E-state index < -0.39 is 5.69 Å². The number of carbonyl (C=O) groups is 1. The summed E-state index contributed by atoms with van der Waals surface area (Å²) in [4.78, 5) is 29.1. The van der Waals surface area contributed by atoms with E-state index >= 15 is 0 Å². The van der Waals surface area contributed by atoms with Crippen LogP contribution in [-0.2, 0) is 16.1 Å². The Hall–Kier alpha value is -1.89. The highest BCUT2D eigenvalue weighted by molar-refractivity contribution is 5.76. The average Bonchev–Trinajstić information content (AvgIpc) is 2.43. The Balaban J connectivity index is 2.02. The van der Waals surface area contributed by atoms with Crippen LogP contribution in [0.15, 0.2) is 17.1 Å². The zero-order valence-corrected chi connectivity index (χ0v) is 10.9. The van der Waals surface area contributed by atoms with E-state index in [9.17, 15) is 9.59 Å². The van der Waals surface area contributed by atoms with Gasteiger partial charge in [-0.15, -0.1) is 0 Å². The van der Waals surface area contributed by atoms with Gasteiger partial charge in [0.15, 0.2) is 0 Å². The Bertz CT molecular complexity index is 494. The molecule has 1 aliphatic heterocycles. The predicted octanol–water partition coefficient (Wildman–Crippen LogP) is -0.499. The van der Waals surface area contributed by atoms with Crippen LogP contribution in [-0.4, -0.2) is 53.3 Å². The van der Waals surface area contributed by atoms with E-state index in [1.165, 1.54) is 10.8 Å². The first kappa shape index (κ1) is 13.5. The van der Waals surface area contributed by atoms with Crippen LogP contribution in [0, 0.1) is 0 Å². The van der Waals surface area contributed by atoms with Crippen molar-refractivity contribution < 1.29 is 14.3 Å². The summed E-state index contributed by atoms with van der Waals surface area (Å²) < 4.78 is 11.6. The second kappa shape index (κ2) is 6.33. The van der Waals surface area contributed by atoms with Crippen molar-refractivity contribution >= 4 is 5.91 Å². The number of hydrogen-bond acceptors (Lipinski definition) is 5. The summed E-state index contributed by atoms with van der Waals surface area (Å²) in [5.74, 6) is 0.180. The number of aromatic nitrogens is 2. The maximum atomic E-state index is 12.0. The van der Waals surface area contributed by atoms with Crippen LogP contribution in [0.25, 0.3) is 0 Å². The number of nitrogens with zero attached hydrogens (tertiary/aromatic N) is 3. The summed E-state index contributed by atoms with van der Waals surface area (Å²) in [6.07, 6.45) is 1.53. The molecule has 0 unspecified atom stereocenters. The molecule has 1 amide bonds. The Morgan fingerprint density at radius 2 is 2.21 bits per heavy atom. The van der Waals surface area contributed by atoms with Gasteiger partial charge in [0.1, 0.15) is 6.54 Å². The Kier molecular flexibility index (Phi) is 4.51. The Morgan fingerprint density at radius 3 is 2.84 bits per heavy atom. The highest BCUT2D eigenvalue weighted by atomic mass is 16.5. The Labute approximate surface area is 110 Å². The van der Waals surface area contributed by atoms with Crippen molar-refractivity contribution in [1.82, 2.24) is 14.5 Å². The van der Waals surface area contributed by atoms with Crippen LogP contribution in [0.5, 0.6) is 5.88 Å². The monoisotopic (exact) mass is 267 g/mol. The molecule has 0 spiro atoms. The van der Waals surface area contributed by atoms with Crippen molar-refractivity contribution in [3.63, 3.8) is 0 Å². The van der Waals surface area contributed by atoms with E-state index in [1.54, 1.807) is 11.0 Å². The summed E-state index contributed by atoms with van der Waals surface area (Å²) in [7, 11) is 0. The zero-order chi connectivity index (χ0) is 13.7. The number of hydrogen-bond donors (Lipinski definition) is 0. The number of ether oxygens (including phenoxy) is 2. The molecular formula is C12H17N3O4. The smallest absolute Gasteiger partial charge is 0.351 e. The van der Waals surface area contributed by atoms with Gasteiger partial charge in [-0.2, -0.15) is 4.98 Å². The second-order valence-corrected chi connectivity index (χ2v) is 4.10. The largest absolute Gasteiger partial charge is 0.478 e. The van der Waals surface area contributed by atoms with E-state index in [0.717, 1.165) is 0 Å². The van der Waals surface area contributed by atoms with E-state index in [0.29, 0.717) is 32.9 Å². The maximum Gasteiger partial charge on any atom is 0.351 e. The Morgan fingerprint density at radius 1 is 1.47 bits per heavy atom. The highest BCUT2D eigenvalue weighted by Crippen LogP contribution is 2.02. The minimum Gasteiger partial charge on any atom is -0.478 e. The van der Waals surface area contributed by atoms with Crippen molar-refractivity contribution in [2.75, 3.05) is 32.9 Å². The topological polar surface area (TPSA) is 73.7 Å². The average molecular weight is 267 g/mol. The van der Waals surface area contributed by atoms with Crippen LogP contribution in [0.1, 0.15) is 6.92 Å². The molecule has 1 aliphatic rings. The molecule has 1 aromatic rings. The molecule has 0 aliphatic carbocycles. The van der Waals surface area contributed by atoms with Gasteiger partial charge in [0.25, 0.3) is 0 Å². The summed E-state index contributed by atoms with van der Waals surface area (Å²) >= 11 is 0. The number of morpholine rings is 1. The fourth-order valence-corrected chi connectivity index (χ4v) is 1.82. The summed E-state index contributed by atoms with van der Waals surface area (Å²) in [6.45, 7) is 4.48. The van der Waals surface area contributed by atoms with Gasteiger partial charge < -0.3 is 14.4 Å². The molecule has 1 saturated heterocycles. The number of amides is 1. The lowest BCUT2D eigenvalue weighted by atomic mass is 10.4. The second-order valence-electron chi connectivity index (χ2n) is 4.10. The summed E-state index contributed by atoms with van der Waals surface area (Å²) in [5.41, 5.74) is -0.479. The van der Waals surface area contributed by atoms with E-state index in [2.05, 4.69) is 4.98 Å². The van der Waals surface area contributed by atoms with Gasteiger partial charge in [-0.3, -0.25) is 9.36 Å². The van der Waals surface area contributed by atoms with Crippen molar-refractivity contribution in [2.24, 2.45) is 0 Å². The molecule has 19 heavy (non-hydrogen) atoms. The first-order valence-electron chi connectivity index (χ1n) is 6.26. The van der Waals surface area contributed by atoms with Gasteiger partial charge in [-0.05, 0) is 6.92 Å². The predicted molar refractivity (Wildman–Crippen MR) is 67.1 cm³/mol. The third-order valence-corrected chi connectivity index (χ3v) is 2.81. The van der Waals surface area contributed by atoms with Gasteiger partial charge in [0.2, 0.25) is 11.8 Å². The fourth-order valence-electron chi connectivity index (χ4n) is 1.82. The molecular weight excluding hydrogens is 250 g/mol. The third kappa shape index (κ3) is 3.54. The van der Waals surface area contributed by atoms with Crippen LogP contribution in [0.4, 0.5) is 0 Å². The minimum absolute atomic E-state index is 0.00175. The molecule has 7 nitrogen and oxygen atoms in total. The van der Waals surface area contributed by atoms with Gasteiger partial charge in [-0.1, -0.05) is 0 Å². The molecule has 0 N–H and O–H groups in total. The zero-order valence-electron chi connectivity index (χ0n) is 10.9. The molecule has 104 valence electrons. The van der Waals surface area contributed by atoms with Crippen molar-refractivity contribution in [3.05, 3.63) is 22.7 Å². The van der Waals surface area contributed by atoms with Crippen LogP contribution >= 0.6 is 0 Å². The van der Waals surface area contributed by atoms with Gasteiger partial charge >= 0.3 is 5.69 Å². The SMILES string of the molecule is CCOc1ccn(CC(=O)N2CCOCC2)c(=O)n1. The van der Waals surface area contributed by atoms with Crippen LogP contribution in [0.2, 0.25) is 0 Å². The molecule has 0 saturated carbocycles. The van der Waals surface area contributed by atoms with Crippen LogP contribution in [0.3, 0.4) is 0 Å². The van der Waals surface area contributed by atoms with Gasteiger partial charge in [-0.25, -0.2) is 4.79 Å². The first-order valence-corrected chi connectivity index (χ1v) is 6.26. The molecule has 0 atom stereocenters. The lowest BCUT2D eigenvalue weighted by molar-refractivity contribution is -0.135. The highest BCUT2D eigenvalue weighted by Gasteiger charge is 2.17. The lowest BCUT2D eigenvalue weighted by Crippen LogP contribution is -2.43. The molecule has 0 bridgehead atoms. The summed E-state index contributed by atoms with van der Waals surface area (Å²) in [5, 5.41) is 0. The van der Waals surface area contributed by atoms with Crippen LogP contribution < -0.4 is 10.4 Å². The van der Waals surface area contributed by atoms with Crippen molar-refractivity contribution in [1.29, 1.82) is 0 Å². The lowest BCUT2D eigenvalue weighted by Gasteiger charge is -2.26. The molecule has 2 heterocycles. The number of rotatable bonds is 4. The molecule has 0 aromatic carbocycles. The first-order chi connectivity index (χ1) is 9.20.